The molecule has 0 aliphatic heterocycles. The third-order valence-corrected chi connectivity index (χ3v) is 5.47. The lowest BCUT2D eigenvalue weighted by Gasteiger charge is -2.23. The quantitative estimate of drug-likeness (QED) is 0.427. The third-order valence-electron chi connectivity index (χ3n) is 4.63. The van der Waals surface area contributed by atoms with E-state index in [0.29, 0.717) is 17.5 Å². The maximum Gasteiger partial charge on any atom is 0.237 e. The zero-order valence-corrected chi connectivity index (χ0v) is 17.5. The van der Waals surface area contributed by atoms with Crippen molar-refractivity contribution in [2.75, 3.05) is 10.7 Å². The summed E-state index contributed by atoms with van der Waals surface area (Å²) < 4.78 is 0. The number of amides is 1. The number of aromatic nitrogens is 3. The van der Waals surface area contributed by atoms with Crippen molar-refractivity contribution in [2.45, 2.75) is 18.6 Å². The lowest BCUT2D eigenvalue weighted by atomic mass is 10.1. The van der Waals surface area contributed by atoms with E-state index >= 15 is 0 Å². The molecule has 1 heterocycles. The summed E-state index contributed by atoms with van der Waals surface area (Å²) in [7, 11) is 0. The van der Waals surface area contributed by atoms with Gasteiger partial charge in [0.05, 0.1) is 12.3 Å². The van der Waals surface area contributed by atoms with E-state index in [9.17, 15) is 4.79 Å². The van der Waals surface area contributed by atoms with Crippen molar-refractivity contribution in [1.82, 2.24) is 15.2 Å². The van der Waals surface area contributed by atoms with Gasteiger partial charge in [0, 0.05) is 11.3 Å². The smallest absolute Gasteiger partial charge is 0.237 e. The van der Waals surface area contributed by atoms with Crippen LogP contribution >= 0.6 is 11.8 Å². The molecule has 0 bridgehead atoms. The first-order chi connectivity index (χ1) is 14.7. The molecule has 0 atom stereocenters. The summed E-state index contributed by atoms with van der Waals surface area (Å²) in [5.41, 5.74) is 4.06. The van der Waals surface area contributed by atoms with Crippen LogP contribution in [0.3, 0.4) is 0 Å². The van der Waals surface area contributed by atoms with Gasteiger partial charge in [-0.15, -0.1) is 5.10 Å². The molecule has 0 unspecified atom stereocenters. The molecule has 0 saturated heterocycles. The molecule has 1 aromatic heterocycles. The van der Waals surface area contributed by atoms with E-state index in [-0.39, 0.29) is 11.7 Å². The number of hydrogen-bond donors (Lipinski definition) is 1. The Morgan fingerprint density at radius 1 is 0.967 bits per heavy atom. The SMILES string of the molecule is Cc1cccc(N(Cc2ccccc2)C(=O)CSc2n[nH]c(-c3ccccc3)n2)c1. The molecule has 0 radical (unpaired) electrons. The van der Waals surface area contributed by atoms with Gasteiger partial charge >= 0.3 is 0 Å². The van der Waals surface area contributed by atoms with Gasteiger partial charge in [-0.1, -0.05) is 84.6 Å². The number of thioether (sulfide) groups is 1. The predicted octanol–water partition coefficient (Wildman–Crippen LogP) is 5.11. The molecule has 0 aliphatic rings. The number of hydrogen-bond acceptors (Lipinski definition) is 4. The van der Waals surface area contributed by atoms with Crippen LogP contribution in [0.1, 0.15) is 11.1 Å². The van der Waals surface area contributed by atoms with E-state index in [1.54, 1.807) is 0 Å². The molecular formula is C24H22N4OS. The molecule has 0 aliphatic carbocycles. The Hall–Kier alpha value is -3.38. The Balaban J connectivity index is 1.48. The second-order valence-corrected chi connectivity index (χ2v) is 7.87. The average molecular weight is 415 g/mol. The Morgan fingerprint density at radius 3 is 2.43 bits per heavy atom. The van der Waals surface area contributed by atoms with Crippen molar-refractivity contribution >= 4 is 23.4 Å². The van der Waals surface area contributed by atoms with Gasteiger partial charge in [-0.25, -0.2) is 4.98 Å². The van der Waals surface area contributed by atoms with E-state index < -0.39 is 0 Å². The normalized spacial score (nSPS) is 10.7. The minimum atomic E-state index is 0.0144. The summed E-state index contributed by atoms with van der Waals surface area (Å²) in [6.45, 7) is 2.55. The molecule has 150 valence electrons. The highest BCUT2D eigenvalue weighted by molar-refractivity contribution is 7.99. The number of nitrogens with zero attached hydrogens (tertiary/aromatic N) is 3. The van der Waals surface area contributed by atoms with Crippen LogP contribution in [0.25, 0.3) is 11.4 Å². The lowest BCUT2D eigenvalue weighted by Crippen LogP contribution is -2.32. The number of aryl methyl sites for hydroxylation is 1. The molecule has 0 fully saturated rings. The molecule has 1 amide bonds. The number of nitrogens with one attached hydrogen (secondary N) is 1. The summed E-state index contributed by atoms with van der Waals surface area (Å²) in [4.78, 5) is 19.5. The maximum atomic E-state index is 13.1. The van der Waals surface area contributed by atoms with Crippen molar-refractivity contribution in [3.63, 3.8) is 0 Å². The van der Waals surface area contributed by atoms with Crippen molar-refractivity contribution in [1.29, 1.82) is 0 Å². The summed E-state index contributed by atoms with van der Waals surface area (Å²) in [6.07, 6.45) is 0. The molecule has 4 rings (SSSR count). The number of carbonyl (C=O) groups is 1. The van der Waals surface area contributed by atoms with Gasteiger partial charge in [0.15, 0.2) is 5.82 Å². The largest absolute Gasteiger partial charge is 0.307 e. The topological polar surface area (TPSA) is 61.9 Å². The number of anilines is 1. The molecule has 3 aromatic carbocycles. The Labute approximate surface area is 180 Å². The number of rotatable bonds is 7. The van der Waals surface area contributed by atoms with Crippen LogP contribution < -0.4 is 4.90 Å². The van der Waals surface area contributed by atoms with Gasteiger partial charge in [-0.2, -0.15) is 0 Å². The minimum Gasteiger partial charge on any atom is -0.307 e. The highest BCUT2D eigenvalue weighted by Gasteiger charge is 2.18. The van der Waals surface area contributed by atoms with E-state index in [2.05, 4.69) is 15.2 Å². The van der Waals surface area contributed by atoms with Gasteiger partial charge in [-0.3, -0.25) is 9.89 Å². The van der Waals surface area contributed by atoms with Crippen LogP contribution in [0.15, 0.2) is 90.1 Å². The number of carbonyl (C=O) groups excluding carboxylic acids is 1. The molecule has 0 saturated carbocycles. The Morgan fingerprint density at radius 2 is 1.70 bits per heavy atom. The van der Waals surface area contributed by atoms with Crippen molar-refractivity contribution < 1.29 is 4.79 Å². The van der Waals surface area contributed by atoms with Crippen LogP contribution in [0.4, 0.5) is 5.69 Å². The van der Waals surface area contributed by atoms with Gasteiger partial charge in [-0.05, 0) is 30.2 Å². The summed E-state index contributed by atoms with van der Waals surface area (Å²) in [5, 5.41) is 7.76. The number of H-pyrrole nitrogens is 1. The first-order valence-electron chi connectivity index (χ1n) is 9.70. The molecule has 5 nitrogen and oxygen atoms in total. The molecule has 0 spiro atoms. The zero-order valence-electron chi connectivity index (χ0n) is 16.7. The lowest BCUT2D eigenvalue weighted by molar-refractivity contribution is -0.116. The molecule has 1 N–H and O–H groups in total. The van der Waals surface area contributed by atoms with Gasteiger partial charge in [0.25, 0.3) is 0 Å². The fraction of sp³-hybridized carbons (Fsp3) is 0.125. The van der Waals surface area contributed by atoms with E-state index in [1.165, 1.54) is 11.8 Å². The first kappa shape index (κ1) is 19.9. The van der Waals surface area contributed by atoms with Gasteiger partial charge < -0.3 is 4.90 Å². The summed E-state index contributed by atoms with van der Waals surface area (Å²) in [5.74, 6) is 0.971. The molecule has 4 aromatic rings. The van der Waals surface area contributed by atoms with Crippen LogP contribution in [0.5, 0.6) is 0 Å². The minimum absolute atomic E-state index is 0.0144. The highest BCUT2D eigenvalue weighted by atomic mass is 32.2. The van der Waals surface area contributed by atoms with E-state index in [4.69, 9.17) is 0 Å². The van der Waals surface area contributed by atoms with E-state index in [0.717, 1.165) is 22.4 Å². The van der Waals surface area contributed by atoms with Crippen LogP contribution in [0, 0.1) is 6.92 Å². The van der Waals surface area contributed by atoms with Crippen LogP contribution in [-0.4, -0.2) is 26.8 Å². The third kappa shape index (κ3) is 4.96. The second-order valence-electron chi connectivity index (χ2n) is 6.93. The fourth-order valence-corrected chi connectivity index (χ4v) is 3.80. The number of benzene rings is 3. The Kier molecular flexibility index (Phi) is 6.25. The van der Waals surface area contributed by atoms with Gasteiger partial charge in [0.1, 0.15) is 0 Å². The zero-order chi connectivity index (χ0) is 20.8. The predicted molar refractivity (Wildman–Crippen MR) is 121 cm³/mol. The number of aromatic amines is 1. The van der Waals surface area contributed by atoms with E-state index in [1.807, 2.05) is 96.8 Å². The molecule has 30 heavy (non-hydrogen) atoms. The van der Waals surface area contributed by atoms with Crippen molar-refractivity contribution in [3.05, 3.63) is 96.1 Å². The standard InChI is InChI=1S/C24H22N4OS/c1-18-9-8-14-21(15-18)28(16-19-10-4-2-5-11-19)22(29)17-30-24-25-23(26-27-24)20-12-6-3-7-13-20/h2-15H,16-17H2,1H3,(H,25,26,27). The molecule has 6 heteroatoms. The van der Waals surface area contributed by atoms with Crippen LogP contribution in [-0.2, 0) is 11.3 Å². The van der Waals surface area contributed by atoms with Gasteiger partial charge in [0.2, 0.25) is 11.1 Å². The second kappa shape index (κ2) is 9.41. The average Bonchev–Trinajstić information content (AvgIpc) is 3.26. The molecular weight excluding hydrogens is 392 g/mol. The van der Waals surface area contributed by atoms with Crippen molar-refractivity contribution in [3.8, 4) is 11.4 Å². The van der Waals surface area contributed by atoms with Crippen molar-refractivity contribution in [2.24, 2.45) is 0 Å². The fourth-order valence-electron chi connectivity index (χ4n) is 3.13. The Bertz CT molecular complexity index is 1110. The van der Waals surface area contributed by atoms with Crippen LogP contribution in [0.2, 0.25) is 0 Å². The first-order valence-corrected chi connectivity index (χ1v) is 10.7. The summed E-state index contributed by atoms with van der Waals surface area (Å²) in [6, 6.07) is 27.8. The monoisotopic (exact) mass is 414 g/mol. The highest BCUT2D eigenvalue weighted by Crippen LogP contribution is 2.23. The summed E-state index contributed by atoms with van der Waals surface area (Å²) >= 11 is 1.34. The maximum absolute atomic E-state index is 13.1.